The first-order valence-corrected chi connectivity index (χ1v) is 8.58. The standard InChI is InChI=1S/C19H20ClNO4/c1-10(2)4-12-9-25-18-5-11(3)15(20)6-13(18)16-7-17(22)14(19(23)24)8-21(12)16/h5-8,10,12H,4,9H2,1-3H3,(H,23,24). The van der Waals surface area contributed by atoms with Crippen LogP contribution in [-0.4, -0.2) is 22.2 Å². The van der Waals surface area contributed by atoms with E-state index in [0.717, 1.165) is 12.0 Å². The van der Waals surface area contributed by atoms with E-state index in [0.29, 0.717) is 34.6 Å². The molecule has 1 N–H and O–H groups in total. The number of carboxylic acid groups (broad SMARTS) is 1. The molecular weight excluding hydrogens is 342 g/mol. The fourth-order valence-corrected chi connectivity index (χ4v) is 3.36. The molecule has 0 fully saturated rings. The van der Waals surface area contributed by atoms with E-state index in [2.05, 4.69) is 13.8 Å². The van der Waals surface area contributed by atoms with Gasteiger partial charge in [0.1, 0.15) is 17.9 Å². The van der Waals surface area contributed by atoms with Gasteiger partial charge in [-0.1, -0.05) is 25.4 Å². The van der Waals surface area contributed by atoms with Gasteiger partial charge in [0.2, 0.25) is 0 Å². The minimum Gasteiger partial charge on any atom is -0.491 e. The molecule has 0 aliphatic carbocycles. The molecule has 1 aromatic heterocycles. The first-order valence-electron chi connectivity index (χ1n) is 8.20. The van der Waals surface area contributed by atoms with Crippen LogP contribution in [0.25, 0.3) is 11.3 Å². The second-order valence-corrected chi connectivity index (χ2v) is 7.25. The number of hydrogen-bond acceptors (Lipinski definition) is 3. The van der Waals surface area contributed by atoms with Gasteiger partial charge in [-0.25, -0.2) is 4.79 Å². The summed E-state index contributed by atoms with van der Waals surface area (Å²) in [6.07, 6.45) is 2.23. The molecule has 3 rings (SSSR count). The molecule has 2 heterocycles. The first kappa shape index (κ1) is 17.5. The van der Waals surface area contributed by atoms with Gasteiger partial charge < -0.3 is 14.4 Å². The second kappa shape index (κ2) is 6.56. The van der Waals surface area contributed by atoms with Crippen LogP contribution in [0.3, 0.4) is 0 Å². The molecule has 0 spiro atoms. The zero-order valence-electron chi connectivity index (χ0n) is 14.4. The molecule has 6 heteroatoms. The van der Waals surface area contributed by atoms with Gasteiger partial charge in [0.25, 0.3) is 0 Å². The summed E-state index contributed by atoms with van der Waals surface area (Å²) in [7, 11) is 0. The highest BCUT2D eigenvalue weighted by molar-refractivity contribution is 6.31. The van der Waals surface area contributed by atoms with Gasteiger partial charge in [0.05, 0.1) is 11.7 Å². The average molecular weight is 362 g/mol. The van der Waals surface area contributed by atoms with E-state index in [1.54, 1.807) is 6.07 Å². The Bertz CT molecular complexity index is 901. The number of nitrogens with zero attached hydrogens (tertiary/aromatic N) is 1. The summed E-state index contributed by atoms with van der Waals surface area (Å²) >= 11 is 6.27. The molecular formula is C19H20ClNO4. The van der Waals surface area contributed by atoms with Crippen LogP contribution in [0.2, 0.25) is 5.02 Å². The molecule has 25 heavy (non-hydrogen) atoms. The highest BCUT2D eigenvalue weighted by Crippen LogP contribution is 2.39. The lowest BCUT2D eigenvalue weighted by Crippen LogP contribution is -2.23. The number of carbonyl (C=O) groups is 1. The summed E-state index contributed by atoms with van der Waals surface area (Å²) in [5.74, 6) is -0.180. The van der Waals surface area contributed by atoms with Gasteiger partial charge in [0, 0.05) is 22.8 Å². The maximum Gasteiger partial charge on any atom is 0.341 e. The summed E-state index contributed by atoms with van der Waals surface area (Å²) in [5.41, 5.74) is 1.47. The molecule has 0 radical (unpaired) electrons. The number of aromatic carboxylic acids is 1. The molecule has 1 aliphatic heterocycles. The van der Waals surface area contributed by atoms with Crippen molar-refractivity contribution in [1.82, 2.24) is 4.57 Å². The highest BCUT2D eigenvalue weighted by Gasteiger charge is 2.26. The minimum atomic E-state index is -1.23. The third kappa shape index (κ3) is 3.29. The van der Waals surface area contributed by atoms with E-state index in [9.17, 15) is 14.7 Å². The smallest absolute Gasteiger partial charge is 0.341 e. The van der Waals surface area contributed by atoms with Gasteiger partial charge in [-0.15, -0.1) is 0 Å². The van der Waals surface area contributed by atoms with Gasteiger partial charge in [0.15, 0.2) is 5.43 Å². The molecule has 0 bridgehead atoms. The monoisotopic (exact) mass is 361 g/mol. The van der Waals surface area contributed by atoms with Crippen LogP contribution in [0.1, 0.15) is 42.2 Å². The molecule has 1 unspecified atom stereocenters. The average Bonchev–Trinajstić information content (AvgIpc) is 2.65. The Hall–Kier alpha value is -2.27. The van der Waals surface area contributed by atoms with Gasteiger partial charge in [-0.05, 0) is 37.0 Å². The molecule has 1 aliphatic rings. The Kier molecular flexibility index (Phi) is 4.60. The van der Waals surface area contributed by atoms with Crippen LogP contribution in [0, 0.1) is 12.8 Å². The van der Waals surface area contributed by atoms with Crippen molar-refractivity contribution >= 4 is 17.6 Å². The van der Waals surface area contributed by atoms with Crippen molar-refractivity contribution in [3.63, 3.8) is 0 Å². The van der Waals surface area contributed by atoms with E-state index in [1.807, 2.05) is 17.6 Å². The molecule has 1 atom stereocenters. The van der Waals surface area contributed by atoms with E-state index in [1.165, 1.54) is 12.3 Å². The third-order valence-electron chi connectivity index (χ3n) is 4.41. The molecule has 132 valence electrons. The molecule has 0 amide bonds. The molecule has 0 saturated heterocycles. The zero-order chi connectivity index (χ0) is 18.3. The van der Waals surface area contributed by atoms with Crippen LogP contribution >= 0.6 is 11.6 Å². The van der Waals surface area contributed by atoms with E-state index in [-0.39, 0.29) is 11.6 Å². The summed E-state index contributed by atoms with van der Waals surface area (Å²) in [5, 5.41) is 9.89. The fraction of sp³-hybridized carbons (Fsp3) is 0.368. The second-order valence-electron chi connectivity index (χ2n) is 6.84. The quantitative estimate of drug-likeness (QED) is 0.891. The molecule has 1 aromatic carbocycles. The normalized spacial score (nSPS) is 16.0. The number of halogens is 1. The Balaban J connectivity index is 2.29. The largest absolute Gasteiger partial charge is 0.491 e. The van der Waals surface area contributed by atoms with Crippen molar-refractivity contribution in [3.05, 3.63) is 50.8 Å². The highest BCUT2D eigenvalue weighted by atomic mass is 35.5. The summed E-state index contributed by atoms with van der Waals surface area (Å²) in [6.45, 7) is 6.49. The maximum atomic E-state index is 12.3. The Labute approximate surface area is 150 Å². The van der Waals surface area contributed by atoms with Gasteiger partial charge >= 0.3 is 5.97 Å². The fourth-order valence-electron chi connectivity index (χ4n) is 3.19. The van der Waals surface area contributed by atoms with Gasteiger partial charge in [-0.3, -0.25) is 4.79 Å². The number of fused-ring (bicyclic) bond motifs is 3. The Morgan fingerprint density at radius 3 is 2.76 bits per heavy atom. The predicted octanol–water partition coefficient (Wildman–Crippen LogP) is 4.15. The van der Waals surface area contributed by atoms with Crippen LogP contribution in [0.5, 0.6) is 5.75 Å². The number of aryl methyl sites for hydroxylation is 1. The lowest BCUT2D eigenvalue weighted by Gasteiger charge is -2.22. The van der Waals surface area contributed by atoms with Crippen molar-refractivity contribution in [2.75, 3.05) is 6.61 Å². The number of aromatic nitrogens is 1. The lowest BCUT2D eigenvalue weighted by atomic mass is 10.0. The number of carboxylic acids is 1. The molecule has 5 nitrogen and oxygen atoms in total. The predicted molar refractivity (Wildman–Crippen MR) is 96.8 cm³/mol. The number of benzene rings is 1. The number of rotatable bonds is 3. The topological polar surface area (TPSA) is 68.5 Å². The Morgan fingerprint density at radius 2 is 2.12 bits per heavy atom. The van der Waals surface area contributed by atoms with Crippen LogP contribution in [0.15, 0.2) is 29.2 Å². The van der Waals surface area contributed by atoms with Crippen LogP contribution < -0.4 is 10.2 Å². The summed E-state index contributed by atoms with van der Waals surface area (Å²) < 4.78 is 7.84. The maximum absolute atomic E-state index is 12.3. The zero-order valence-corrected chi connectivity index (χ0v) is 15.1. The SMILES string of the molecule is Cc1cc2c(cc1Cl)-c1cc(=O)c(C(=O)O)cn1C(CC(C)C)CO2. The van der Waals surface area contributed by atoms with Crippen molar-refractivity contribution in [2.45, 2.75) is 33.2 Å². The summed E-state index contributed by atoms with van der Waals surface area (Å²) in [6, 6.07) is 4.93. The van der Waals surface area contributed by atoms with Crippen LogP contribution in [-0.2, 0) is 0 Å². The van der Waals surface area contributed by atoms with Crippen LogP contribution in [0.4, 0.5) is 0 Å². The third-order valence-corrected chi connectivity index (χ3v) is 4.82. The van der Waals surface area contributed by atoms with Gasteiger partial charge in [-0.2, -0.15) is 0 Å². The number of hydrogen-bond donors (Lipinski definition) is 1. The first-order chi connectivity index (χ1) is 11.8. The lowest BCUT2D eigenvalue weighted by molar-refractivity contribution is 0.0694. The molecule has 0 saturated carbocycles. The summed E-state index contributed by atoms with van der Waals surface area (Å²) in [4.78, 5) is 23.7. The van der Waals surface area contributed by atoms with E-state index < -0.39 is 11.4 Å². The van der Waals surface area contributed by atoms with Crippen molar-refractivity contribution in [1.29, 1.82) is 0 Å². The van der Waals surface area contributed by atoms with E-state index >= 15 is 0 Å². The van der Waals surface area contributed by atoms with E-state index in [4.69, 9.17) is 16.3 Å². The number of pyridine rings is 1. The number of ether oxygens (including phenoxy) is 1. The molecule has 2 aromatic rings. The van der Waals surface area contributed by atoms with Crippen molar-refractivity contribution in [2.24, 2.45) is 5.92 Å². The van der Waals surface area contributed by atoms with Crippen molar-refractivity contribution in [3.8, 4) is 17.0 Å². The Morgan fingerprint density at radius 1 is 1.40 bits per heavy atom. The minimum absolute atomic E-state index is 0.0693. The van der Waals surface area contributed by atoms with Crippen molar-refractivity contribution < 1.29 is 14.6 Å².